The van der Waals surface area contributed by atoms with Crippen LogP contribution in [0.5, 0.6) is 11.5 Å². The van der Waals surface area contributed by atoms with Gasteiger partial charge in [0.15, 0.2) is 11.5 Å². The van der Waals surface area contributed by atoms with Crippen molar-refractivity contribution in [2.45, 2.75) is 6.54 Å². The standard InChI is InChI=1S/C15H15BrN2O3/c1-18(15(20)11-4-6-14(16)17-8-11)9-10-3-5-12(19)13(7-10)21-2/h3-8,19H,9H2,1-2H3. The van der Waals surface area contributed by atoms with Crippen LogP contribution in [0, 0.1) is 0 Å². The highest BCUT2D eigenvalue weighted by Gasteiger charge is 2.13. The lowest BCUT2D eigenvalue weighted by atomic mass is 10.1. The number of rotatable bonds is 4. The summed E-state index contributed by atoms with van der Waals surface area (Å²) in [5.41, 5.74) is 1.39. The Morgan fingerprint density at radius 3 is 2.76 bits per heavy atom. The molecule has 2 aromatic rings. The van der Waals surface area contributed by atoms with Gasteiger partial charge >= 0.3 is 0 Å². The molecule has 1 heterocycles. The summed E-state index contributed by atoms with van der Waals surface area (Å²) < 4.78 is 5.74. The molecule has 0 bridgehead atoms. The van der Waals surface area contributed by atoms with Crippen LogP contribution in [-0.4, -0.2) is 35.1 Å². The van der Waals surface area contributed by atoms with E-state index in [0.717, 1.165) is 5.56 Å². The summed E-state index contributed by atoms with van der Waals surface area (Å²) in [6, 6.07) is 8.45. The first kappa shape index (κ1) is 15.3. The van der Waals surface area contributed by atoms with E-state index in [2.05, 4.69) is 20.9 Å². The smallest absolute Gasteiger partial charge is 0.255 e. The number of carbonyl (C=O) groups excluding carboxylic acids is 1. The van der Waals surface area contributed by atoms with Gasteiger partial charge in [0.05, 0.1) is 12.7 Å². The minimum absolute atomic E-state index is 0.0762. The zero-order valence-corrected chi connectivity index (χ0v) is 13.3. The zero-order chi connectivity index (χ0) is 15.4. The van der Waals surface area contributed by atoms with Gasteiger partial charge in [0.2, 0.25) is 0 Å². The number of phenolic OH excluding ortho intramolecular Hbond substituents is 1. The average Bonchev–Trinajstić information content (AvgIpc) is 2.49. The molecular weight excluding hydrogens is 336 g/mol. The molecule has 0 fully saturated rings. The fourth-order valence-corrected chi connectivity index (χ4v) is 2.12. The fraction of sp³-hybridized carbons (Fsp3) is 0.200. The first-order valence-electron chi connectivity index (χ1n) is 6.24. The van der Waals surface area contributed by atoms with Gasteiger partial charge in [-0.1, -0.05) is 6.07 Å². The Morgan fingerprint density at radius 1 is 1.38 bits per heavy atom. The summed E-state index contributed by atoms with van der Waals surface area (Å²) in [7, 11) is 3.20. The molecule has 1 aromatic heterocycles. The number of hydrogen-bond donors (Lipinski definition) is 1. The molecule has 0 radical (unpaired) electrons. The van der Waals surface area contributed by atoms with Crippen LogP contribution < -0.4 is 4.74 Å². The number of carbonyl (C=O) groups is 1. The second kappa shape index (κ2) is 6.58. The number of aromatic nitrogens is 1. The SMILES string of the molecule is COc1cc(CN(C)C(=O)c2ccc(Br)nc2)ccc1O. The Balaban J connectivity index is 2.12. The maximum atomic E-state index is 12.3. The maximum absolute atomic E-state index is 12.3. The Bertz CT molecular complexity index is 644. The molecule has 0 aliphatic carbocycles. The molecule has 0 spiro atoms. The van der Waals surface area contributed by atoms with Gasteiger partial charge in [0.1, 0.15) is 4.60 Å². The van der Waals surface area contributed by atoms with Gasteiger partial charge in [-0.15, -0.1) is 0 Å². The van der Waals surface area contributed by atoms with Crippen LogP contribution in [0.1, 0.15) is 15.9 Å². The third-order valence-corrected chi connectivity index (χ3v) is 3.45. The van der Waals surface area contributed by atoms with E-state index >= 15 is 0 Å². The summed E-state index contributed by atoms with van der Waals surface area (Å²) in [4.78, 5) is 17.9. The van der Waals surface area contributed by atoms with Crippen molar-refractivity contribution in [1.29, 1.82) is 0 Å². The topological polar surface area (TPSA) is 62.7 Å². The predicted octanol–water partition coefficient (Wildman–Crippen LogP) is 2.83. The van der Waals surface area contributed by atoms with Gasteiger partial charge in [-0.3, -0.25) is 4.79 Å². The maximum Gasteiger partial charge on any atom is 0.255 e. The van der Waals surface area contributed by atoms with Crippen LogP contribution in [0.4, 0.5) is 0 Å². The molecule has 1 N–H and O–H groups in total. The lowest BCUT2D eigenvalue weighted by molar-refractivity contribution is 0.0784. The van der Waals surface area contributed by atoms with Crippen LogP contribution in [0.25, 0.3) is 0 Å². The molecule has 0 atom stereocenters. The molecule has 0 saturated heterocycles. The first-order chi connectivity index (χ1) is 10.0. The van der Waals surface area contributed by atoms with Crippen LogP contribution in [0.15, 0.2) is 41.1 Å². The number of pyridine rings is 1. The van der Waals surface area contributed by atoms with Gasteiger partial charge in [-0.25, -0.2) is 4.98 Å². The van der Waals surface area contributed by atoms with Gasteiger partial charge in [-0.2, -0.15) is 0 Å². The highest BCUT2D eigenvalue weighted by molar-refractivity contribution is 9.10. The van der Waals surface area contributed by atoms with Crippen molar-refractivity contribution in [2.75, 3.05) is 14.2 Å². The first-order valence-corrected chi connectivity index (χ1v) is 7.03. The van der Waals surface area contributed by atoms with Gasteiger partial charge in [0.25, 0.3) is 5.91 Å². The summed E-state index contributed by atoms with van der Waals surface area (Å²) in [6.07, 6.45) is 1.53. The largest absolute Gasteiger partial charge is 0.504 e. The van der Waals surface area contributed by atoms with Crippen LogP contribution in [-0.2, 0) is 6.54 Å². The van der Waals surface area contributed by atoms with Crippen molar-refractivity contribution in [3.8, 4) is 11.5 Å². The normalized spacial score (nSPS) is 10.2. The third-order valence-electron chi connectivity index (χ3n) is 2.98. The van der Waals surface area contributed by atoms with E-state index in [9.17, 15) is 9.90 Å². The summed E-state index contributed by atoms with van der Waals surface area (Å²) in [5.74, 6) is 0.341. The number of nitrogens with zero attached hydrogens (tertiary/aromatic N) is 2. The number of benzene rings is 1. The molecule has 2 rings (SSSR count). The highest BCUT2D eigenvalue weighted by Crippen LogP contribution is 2.26. The molecule has 0 aliphatic rings. The molecule has 0 saturated carbocycles. The minimum Gasteiger partial charge on any atom is -0.504 e. The van der Waals surface area contributed by atoms with Crippen LogP contribution in [0.3, 0.4) is 0 Å². The molecule has 6 heteroatoms. The third kappa shape index (κ3) is 3.72. The van der Waals surface area contributed by atoms with Crippen molar-refractivity contribution >= 4 is 21.8 Å². The van der Waals surface area contributed by atoms with Gasteiger partial charge < -0.3 is 14.7 Å². The van der Waals surface area contributed by atoms with Crippen LogP contribution in [0.2, 0.25) is 0 Å². The number of aromatic hydroxyl groups is 1. The number of methoxy groups -OCH3 is 1. The predicted molar refractivity (Wildman–Crippen MR) is 82.4 cm³/mol. The minimum atomic E-state index is -0.123. The van der Waals surface area contributed by atoms with E-state index in [4.69, 9.17) is 4.74 Å². The highest BCUT2D eigenvalue weighted by atomic mass is 79.9. The Hall–Kier alpha value is -2.08. The van der Waals surface area contributed by atoms with Crippen molar-refractivity contribution in [2.24, 2.45) is 0 Å². The molecule has 1 aromatic carbocycles. The summed E-state index contributed by atoms with van der Waals surface area (Å²) in [6.45, 7) is 0.408. The van der Waals surface area contributed by atoms with Gasteiger partial charge in [-0.05, 0) is 45.8 Å². The Morgan fingerprint density at radius 2 is 2.14 bits per heavy atom. The quantitative estimate of drug-likeness (QED) is 0.861. The van der Waals surface area contributed by atoms with Crippen molar-refractivity contribution in [1.82, 2.24) is 9.88 Å². The molecule has 110 valence electrons. The van der Waals surface area contributed by atoms with Crippen LogP contribution >= 0.6 is 15.9 Å². The van der Waals surface area contributed by atoms with Gasteiger partial charge in [0, 0.05) is 19.8 Å². The molecular formula is C15H15BrN2O3. The lowest BCUT2D eigenvalue weighted by Gasteiger charge is -2.18. The van der Waals surface area contributed by atoms with E-state index in [1.54, 1.807) is 42.3 Å². The number of hydrogen-bond acceptors (Lipinski definition) is 4. The summed E-state index contributed by atoms with van der Waals surface area (Å²) in [5, 5.41) is 9.56. The average molecular weight is 351 g/mol. The van der Waals surface area contributed by atoms with E-state index in [1.807, 2.05) is 0 Å². The van der Waals surface area contributed by atoms with Crippen molar-refractivity contribution in [3.63, 3.8) is 0 Å². The molecule has 0 aliphatic heterocycles. The van der Waals surface area contributed by atoms with E-state index < -0.39 is 0 Å². The number of phenols is 1. The lowest BCUT2D eigenvalue weighted by Crippen LogP contribution is -2.26. The monoisotopic (exact) mass is 350 g/mol. The second-order valence-electron chi connectivity index (χ2n) is 4.54. The van der Waals surface area contributed by atoms with Crippen molar-refractivity contribution in [3.05, 3.63) is 52.3 Å². The molecule has 0 unspecified atom stereocenters. The number of ether oxygens (including phenoxy) is 1. The number of halogens is 1. The molecule has 5 nitrogen and oxygen atoms in total. The summed E-state index contributed by atoms with van der Waals surface area (Å²) >= 11 is 3.23. The van der Waals surface area contributed by atoms with E-state index in [0.29, 0.717) is 22.5 Å². The number of amides is 1. The molecule has 1 amide bonds. The van der Waals surface area contributed by atoms with E-state index in [1.165, 1.54) is 13.3 Å². The fourth-order valence-electron chi connectivity index (χ4n) is 1.89. The van der Waals surface area contributed by atoms with Crippen molar-refractivity contribution < 1.29 is 14.6 Å². The zero-order valence-electron chi connectivity index (χ0n) is 11.7. The Kier molecular flexibility index (Phi) is 4.80. The molecule has 21 heavy (non-hydrogen) atoms. The second-order valence-corrected chi connectivity index (χ2v) is 5.35. The Labute approximate surface area is 131 Å². The van der Waals surface area contributed by atoms with E-state index in [-0.39, 0.29) is 11.7 Å².